The molecule has 0 bridgehead atoms. The van der Waals surface area contributed by atoms with Crippen molar-refractivity contribution in [2.45, 2.75) is 51.8 Å². The number of ether oxygens (including phenoxy) is 1. The summed E-state index contributed by atoms with van der Waals surface area (Å²) in [5, 5.41) is 4.77. The molecule has 0 radical (unpaired) electrons. The molecule has 1 saturated heterocycles. The predicted octanol–water partition coefficient (Wildman–Crippen LogP) is 7.03. The number of carbonyl (C=O) groups is 2. The summed E-state index contributed by atoms with van der Waals surface area (Å²) in [4.78, 5) is 32.8. The molecular formula is C34H36ClN5O3. The number of amides is 2. The number of halogens is 1. The molecule has 222 valence electrons. The summed E-state index contributed by atoms with van der Waals surface area (Å²) >= 11 is 6.15. The molecule has 1 N–H and O–H groups in total. The number of nitrogens with zero attached hydrogens (tertiary/aromatic N) is 4. The van der Waals surface area contributed by atoms with Crippen molar-refractivity contribution in [3.8, 4) is 11.5 Å². The minimum Gasteiger partial charge on any atom is -0.444 e. The van der Waals surface area contributed by atoms with Crippen LogP contribution in [0, 0.1) is 0 Å². The Morgan fingerprint density at radius 1 is 1.02 bits per heavy atom. The van der Waals surface area contributed by atoms with Crippen LogP contribution in [0.5, 0.6) is 0 Å². The van der Waals surface area contributed by atoms with Crippen LogP contribution in [0.15, 0.2) is 72.8 Å². The first-order chi connectivity index (χ1) is 20.6. The fraction of sp³-hybridized carbons (Fsp3) is 0.324. The van der Waals surface area contributed by atoms with E-state index >= 15 is 0 Å². The van der Waals surface area contributed by atoms with Crippen molar-refractivity contribution in [3.63, 3.8) is 0 Å². The Bertz CT molecular complexity index is 1820. The first-order valence-electron chi connectivity index (χ1n) is 14.6. The van der Waals surface area contributed by atoms with E-state index in [1.807, 2.05) is 82.4 Å². The topological polar surface area (TPSA) is 81.4 Å². The van der Waals surface area contributed by atoms with Crippen molar-refractivity contribution in [2.75, 3.05) is 13.1 Å². The van der Waals surface area contributed by atoms with E-state index in [2.05, 4.69) is 32.7 Å². The number of piperidine rings is 1. The standard InChI is InChI=1S/C34H36ClN5O3/c1-34(2,3)43-33(42)36-26-9-7-17-39(21-26)32(41)24-13-16-29-27(18-24)37-31(38(29)4)30-19-23-8-5-6-10-28(23)40(30)20-22-11-14-25(35)15-12-22/h5-6,8,10-16,18-19,26H,7,9,17,20-21H2,1-4H3,(H,36,42)/t26-/m1/s1. The van der Waals surface area contributed by atoms with Gasteiger partial charge < -0.3 is 24.1 Å². The van der Waals surface area contributed by atoms with Crippen LogP contribution in [-0.4, -0.2) is 55.8 Å². The van der Waals surface area contributed by atoms with Crippen LogP contribution in [-0.2, 0) is 18.3 Å². The maximum atomic E-state index is 13.6. The van der Waals surface area contributed by atoms with Crippen molar-refractivity contribution < 1.29 is 14.3 Å². The number of carbonyl (C=O) groups excluding carboxylic acids is 2. The first kappa shape index (κ1) is 28.8. The highest BCUT2D eigenvalue weighted by molar-refractivity contribution is 6.30. The molecule has 8 nitrogen and oxygen atoms in total. The van der Waals surface area contributed by atoms with E-state index in [4.69, 9.17) is 21.3 Å². The number of aryl methyl sites for hydroxylation is 1. The van der Waals surface area contributed by atoms with Gasteiger partial charge in [-0.15, -0.1) is 0 Å². The number of nitrogens with one attached hydrogen (secondary N) is 1. The molecule has 6 rings (SSSR count). The zero-order valence-electron chi connectivity index (χ0n) is 24.9. The summed E-state index contributed by atoms with van der Waals surface area (Å²) in [6.45, 7) is 7.25. The highest BCUT2D eigenvalue weighted by Crippen LogP contribution is 2.31. The number of fused-ring (bicyclic) bond motifs is 2. The van der Waals surface area contributed by atoms with Crippen LogP contribution in [0.2, 0.25) is 5.02 Å². The van der Waals surface area contributed by atoms with E-state index in [1.54, 1.807) is 4.90 Å². The lowest BCUT2D eigenvalue weighted by Gasteiger charge is -2.33. The molecule has 1 fully saturated rings. The third-order valence-corrected chi connectivity index (χ3v) is 8.10. The van der Waals surface area contributed by atoms with Crippen LogP contribution in [0.1, 0.15) is 49.5 Å². The number of hydrogen-bond acceptors (Lipinski definition) is 4. The molecule has 3 aromatic carbocycles. The van der Waals surface area contributed by atoms with E-state index in [0.717, 1.165) is 51.9 Å². The van der Waals surface area contributed by atoms with Gasteiger partial charge in [0.05, 0.1) is 16.7 Å². The molecule has 43 heavy (non-hydrogen) atoms. The lowest BCUT2D eigenvalue weighted by atomic mass is 10.0. The van der Waals surface area contributed by atoms with Crippen molar-refractivity contribution in [3.05, 3.63) is 88.9 Å². The number of benzene rings is 3. The number of alkyl carbamates (subject to hydrolysis) is 1. The molecule has 0 spiro atoms. The largest absolute Gasteiger partial charge is 0.444 e. The number of hydrogen-bond donors (Lipinski definition) is 1. The van der Waals surface area contributed by atoms with Crippen molar-refractivity contribution in [1.82, 2.24) is 24.3 Å². The van der Waals surface area contributed by atoms with Crippen LogP contribution >= 0.6 is 11.6 Å². The van der Waals surface area contributed by atoms with Crippen molar-refractivity contribution in [1.29, 1.82) is 0 Å². The van der Waals surface area contributed by atoms with Gasteiger partial charge in [0.25, 0.3) is 5.91 Å². The molecule has 2 aromatic heterocycles. The second-order valence-electron chi connectivity index (χ2n) is 12.2. The molecule has 0 aliphatic carbocycles. The summed E-state index contributed by atoms with van der Waals surface area (Å²) < 4.78 is 9.77. The Hall–Kier alpha value is -4.30. The zero-order valence-corrected chi connectivity index (χ0v) is 25.7. The molecule has 3 heterocycles. The quantitative estimate of drug-likeness (QED) is 0.236. The maximum absolute atomic E-state index is 13.6. The molecule has 1 aliphatic rings. The molecule has 2 amide bonds. The average molecular weight is 598 g/mol. The van der Waals surface area contributed by atoms with Gasteiger partial charge in [0.1, 0.15) is 5.60 Å². The molecule has 0 saturated carbocycles. The van der Waals surface area contributed by atoms with Gasteiger partial charge in [-0.3, -0.25) is 4.79 Å². The lowest BCUT2D eigenvalue weighted by Crippen LogP contribution is -2.50. The summed E-state index contributed by atoms with van der Waals surface area (Å²) in [5.41, 5.74) is 4.96. The van der Waals surface area contributed by atoms with E-state index in [1.165, 1.54) is 0 Å². The first-order valence-corrected chi connectivity index (χ1v) is 15.0. The van der Waals surface area contributed by atoms with Gasteiger partial charge in [-0.05, 0) is 81.6 Å². The van der Waals surface area contributed by atoms with Gasteiger partial charge in [0.2, 0.25) is 0 Å². The molecule has 0 unspecified atom stereocenters. The van der Waals surface area contributed by atoms with Crippen LogP contribution in [0.4, 0.5) is 4.79 Å². The van der Waals surface area contributed by atoms with E-state index in [-0.39, 0.29) is 11.9 Å². The van der Waals surface area contributed by atoms with Gasteiger partial charge in [0.15, 0.2) is 5.82 Å². The van der Waals surface area contributed by atoms with Crippen molar-refractivity contribution >= 4 is 45.5 Å². The Kier molecular flexibility index (Phi) is 7.65. The van der Waals surface area contributed by atoms with E-state index in [0.29, 0.717) is 30.2 Å². The lowest BCUT2D eigenvalue weighted by molar-refractivity contribution is 0.0452. The second kappa shape index (κ2) is 11.4. The monoisotopic (exact) mass is 597 g/mol. The van der Waals surface area contributed by atoms with Gasteiger partial charge in [-0.1, -0.05) is 41.9 Å². The van der Waals surface area contributed by atoms with Crippen LogP contribution < -0.4 is 5.32 Å². The Morgan fingerprint density at radius 2 is 1.79 bits per heavy atom. The number of aromatic nitrogens is 3. The number of para-hydroxylation sites is 1. The summed E-state index contributed by atoms with van der Waals surface area (Å²) in [7, 11) is 2.01. The SMILES string of the molecule is Cn1c(-c2cc3ccccc3n2Cc2ccc(Cl)cc2)nc2cc(C(=O)N3CCC[C@@H](NC(=O)OC(C)(C)C)C3)ccc21. The minimum atomic E-state index is -0.574. The smallest absolute Gasteiger partial charge is 0.407 e. The van der Waals surface area contributed by atoms with E-state index in [9.17, 15) is 9.59 Å². The summed E-state index contributed by atoms with van der Waals surface area (Å²) in [6, 6.07) is 24.0. The number of likely N-dealkylation sites (tertiary alicyclic amines) is 1. The van der Waals surface area contributed by atoms with E-state index < -0.39 is 11.7 Å². The Balaban J connectivity index is 1.28. The third-order valence-electron chi connectivity index (χ3n) is 7.85. The van der Waals surface area contributed by atoms with Gasteiger partial charge in [-0.2, -0.15) is 0 Å². The highest BCUT2D eigenvalue weighted by Gasteiger charge is 2.28. The van der Waals surface area contributed by atoms with Gasteiger partial charge >= 0.3 is 6.09 Å². The zero-order chi connectivity index (χ0) is 30.3. The molecule has 5 aromatic rings. The summed E-state index contributed by atoms with van der Waals surface area (Å²) in [6.07, 6.45) is 1.15. The number of rotatable bonds is 5. The molecule has 1 atom stereocenters. The molecular weight excluding hydrogens is 562 g/mol. The number of imidazole rings is 1. The predicted molar refractivity (Wildman–Crippen MR) is 170 cm³/mol. The average Bonchev–Trinajstić information content (AvgIpc) is 3.49. The fourth-order valence-electron chi connectivity index (χ4n) is 5.84. The fourth-order valence-corrected chi connectivity index (χ4v) is 5.96. The van der Waals surface area contributed by atoms with Crippen molar-refractivity contribution in [2.24, 2.45) is 7.05 Å². The van der Waals surface area contributed by atoms with Crippen LogP contribution in [0.25, 0.3) is 33.5 Å². The van der Waals surface area contributed by atoms with Gasteiger partial charge in [-0.25, -0.2) is 9.78 Å². The van der Waals surface area contributed by atoms with Crippen LogP contribution in [0.3, 0.4) is 0 Å². The van der Waals surface area contributed by atoms with Gasteiger partial charge in [0, 0.05) is 54.2 Å². The highest BCUT2D eigenvalue weighted by atomic mass is 35.5. The third kappa shape index (κ3) is 6.11. The normalized spacial score (nSPS) is 15.7. The Morgan fingerprint density at radius 3 is 2.56 bits per heavy atom. The second-order valence-corrected chi connectivity index (χ2v) is 12.7. The molecule has 1 aliphatic heterocycles. The Labute approximate surface area is 256 Å². The maximum Gasteiger partial charge on any atom is 0.407 e. The minimum absolute atomic E-state index is 0.0679. The summed E-state index contributed by atoms with van der Waals surface area (Å²) in [5.74, 6) is 0.756. The molecule has 9 heteroatoms.